The van der Waals surface area contributed by atoms with Gasteiger partial charge in [0, 0.05) is 55.0 Å². The van der Waals surface area contributed by atoms with Crippen molar-refractivity contribution >= 4 is 34.8 Å². The number of halogens is 2. The van der Waals surface area contributed by atoms with Crippen molar-refractivity contribution in [2.75, 3.05) is 12.4 Å². The van der Waals surface area contributed by atoms with Crippen LogP contribution in [0.5, 0.6) is 5.88 Å². The van der Waals surface area contributed by atoms with Crippen LogP contribution in [-0.2, 0) is 20.5 Å². The largest absolute Gasteiger partial charge is 0.481 e. The second kappa shape index (κ2) is 13.0. The molecule has 0 radical (unpaired) electrons. The second-order valence-electron chi connectivity index (χ2n) is 11.9. The molecule has 1 fully saturated rings. The van der Waals surface area contributed by atoms with Gasteiger partial charge in [0.1, 0.15) is 5.56 Å². The van der Waals surface area contributed by atoms with Crippen LogP contribution in [0.1, 0.15) is 59.6 Å². The minimum Gasteiger partial charge on any atom is -0.481 e. The number of aryl methyl sites for hydroxylation is 1. The maximum atomic E-state index is 13.1. The first-order chi connectivity index (χ1) is 22.1. The molecule has 240 valence electrons. The minimum atomic E-state index is -0.718. The molecule has 2 aromatic heterocycles. The van der Waals surface area contributed by atoms with E-state index in [2.05, 4.69) is 10.6 Å². The van der Waals surface area contributed by atoms with Crippen molar-refractivity contribution < 1.29 is 14.6 Å². The summed E-state index contributed by atoms with van der Waals surface area (Å²) in [7, 11) is 4.35. The van der Waals surface area contributed by atoms with Crippen molar-refractivity contribution in [2.45, 2.75) is 56.7 Å². The van der Waals surface area contributed by atoms with E-state index in [4.69, 9.17) is 32.9 Å². The van der Waals surface area contributed by atoms with Crippen LogP contribution in [0.4, 0.5) is 5.69 Å². The van der Waals surface area contributed by atoms with Gasteiger partial charge in [0.25, 0.3) is 11.5 Å². The number of hydrogen-bond donors (Lipinski definition) is 3. The first-order valence-electron chi connectivity index (χ1n) is 15.3. The topological polar surface area (TPSA) is 127 Å². The molecule has 1 saturated carbocycles. The van der Waals surface area contributed by atoms with Crippen LogP contribution in [-0.4, -0.2) is 44.4 Å². The van der Waals surface area contributed by atoms with E-state index in [-0.39, 0.29) is 22.3 Å². The summed E-state index contributed by atoms with van der Waals surface area (Å²) in [5, 5.41) is 18.0. The van der Waals surface area contributed by atoms with Crippen molar-refractivity contribution in [3.8, 4) is 28.3 Å². The number of aliphatic hydroxyl groups excluding tert-OH is 1. The summed E-state index contributed by atoms with van der Waals surface area (Å²) in [5.74, 6) is -0.255. The van der Waals surface area contributed by atoms with Gasteiger partial charge < -0.3 is 25.0 Å². The van der Waals surface area contributed by atoms with E-state index >= 15 is 0 Å². The zero-order valence-corrected chi connectivity index (χ0v) is 27.3. The second-order valence-corrected chi connectivity index (χ2v) is 12.7. The fraction of sp³-hybridized carbons (Fsp3) is 0.353. The van der Waals surface area contributed by atoms with Crippen LogP contribution in [0.2, 0.25) is 10.0 Å². The van der Waals surface area contributed by atoms with E-state index in [9.17, 15) is 19.5 Å². The summed E-state index contributed by atoms with van der Waals surface area (Å²) in [6, 6.07) is 12.7. The van der Waals surface area contributed by atoms with Crippen LogP contribution >= 0.6 is 23.2 Å². The van der Waals surface area contributed by atoms with Crippen molar-refractivity contribution in [3.63, 3.8) is 0 Å². The Kier molecular flexibility index (Phi) is 9.07. The number of carbonyl (C=O) groups excluding carboxylic acids is 1. The number of amides is 1. The molecular weight excluding hydrogens is 629 g/mol. The lowest BCUT2D eigenvalue weighted by atomic mass is 9.94. The summed E-state index contributed by atoms with van der Waals surface area (Å²) >= 11 is 13.9. The minimum absolute atomic E-state index is 0.205. The lowest BCUT2D eigenvalue weighted by molar-refractivity contribution is 0.102. The normalized spacial score (nSPS) is 18.0. The van der Waals surface area contributed by atoms with Crippen molar-refractivity contribution in [2.24, 2.45) is 14.1 Å². The Morgan fingerprint density at radius 3 is 2.39 bits per heavy atom. The molecule has 3 N–H and O–H groups in total. The number of nitrogens with zero attached hydrogens (tertiary/aromatic N) is 3. The average molecular weight is 665 g/mol. The van der Waals surface area contributed by atoms with Crippen molar-refractivity contribution in [1.29, 1.82) is 0 Å². The molecule has 2 aliphatic rings. The summed E-state index contributed by atoms with van der Waals surface area (Å²) in [6.07, 6.45) is 6.87. The molecule has 4 aromatic rings. The Bertz CT molecular complexity index is 1950. The molecule has 6 rings (SSSR count). The van der Waals surface area contributed by atoms with Gasteiger partial charge in [0.15, 0.2) is 0 Å². The third kappa shape index (κ3) is 5.86. The summed E-state index contributed by atoms with van der Waals surface area (Å²) in [4.78, 5) is 42.6. The third-order valence-corrected chi connectivity index (χ3v) is 9.77. The number of ether oxygens (including phenoxy) is 1. The summed E-state index contributed by atoms with van der Waals surface area (Å²) in [5.41, 5.74) is 3.05. The molecule has 2 aliphatic carbocycles. The van der Waals surface area contributed by atoms with Gasteiger partial charge in [-0.2, -0.15) is 0 Å². The van der Waals surface area contributed by atoms with Gasteiger partial charge >= 0.3 is 5.69 Å². The molecule has 0 spiro atoms. The van der Waals surface area contributed by atoms with E-state index < -0.39 is 23.3 Å². The molecule has 0 aliphatic heterocycles. The van der Waals surface area contributed by atoms with E-state index in [1.165, 1.54) is 39.6 Å². The standard InChI is InChI=1S/C34H35Cl2N5O5/c1-40-17-23(33(44)41(2)34(40)45)31(43)38-24-14-8-12-21(29(24)36)20-11-7-13-22(28(20)35)25-15-18-16-26(42)30(27(18)32(39-25)46-3)37-19-9-5-4-6-10-19/h7-8,11-15,17,19,26,30,37,42H,4-6,9-10,16H2,1-3H3,(H,38,43)/t26-,30+/m1/s1. The van der Waals surface area contributed by atoms with Crippen LogP contribution in [0.15, 0.2) is 58.3 Å². The van der Waals surface area contributed by atoms with Gasteiger partial charge in [-0.25, -0.2) is 9.78 Å². The van der Waals surface area contributed by atoms with Crippen LogP contribution in [0.3, 0.4) is 0 Å². The van der Waals surface area contributed by atoms with Gasteiger partial charge in [0.2, 0.25) is 5.88 Å². The SMILES string of the molecule is COc1nc(-c2cccc(-c3cccc(NC(=O)c4cn(C)c(=O)n(C)c4=O)c3Cl)c2Cl)cc2c1[C@@H](NC1CCCCC1)[C@H](O)C2. The maximum absolute atomic E-state index is 13.1. The summed E-state index contributed by atoms with van der Waals surface area (Å²) in [6.45, 7) is 0. The molecule has 12 heteroatoms. The maximum Gasteiger partial charge on any atom is 0.330 e. The zero-order chi connectivity index (χ0) is 32.7. The van der Waals surface area contributed by atoms with E-state index in [0.29, 0.717) is 45.7 Å². The van der Waals surface area contributed by atoms with Gasteiger partial charge in [0.05, 0.1) is 40.7 Å². The first-order valence-corrected chi connectivity index (χ1v) is 16.0. The quantitative estimate of drug-likeness (QED) is 0.246. The Labute approximate surface area is 276 Å². The molecule has 2 aromatic carbocycles. The Hall–Kier alpha value is -3.96. The molecule has 1 amide bonds. The number of methoxy groups -OCH3 is 1. The van der Waals surface area contributed by atoms with Gasteiger partial charge in [-0.05, 0) is 30.5 Å². The Morgan fingerprint density at radius 1 is 1.00 bits per heavy atom. The number of rotatable bonds is 7. The van der Waals surface area contributed by atoms with Crippen molar-refractivity contribution in [3.05, 3.63) is 96.2 Å². The lowest BCUT2D eigenvalue weighted by Crippen LogP contribution is -2.40. The Balaban J connectivity index is 1.33. The fourth-order valence-corrected chi connectivity index (χ4v) is 7.16. The molecule has 2 heterocycles. The predicted octanol–water partition coefficient (Wildman–Crippen LogP) is 5.26. The van der Waals surface area contributed by atoms with Crippen LogP contribution < -0.4 is 26.6 Å². The number of hydrogen-bond acceptors (Lipinski definition) is 7. The van der Waals surface area contributed by atoms with E-state index in [1.807, 2.05) is 24.3 Å². The molecule has 0 unspecified atom stereocenters. The molecule has 46 heavy (non-hydrogen) atoms. The molecule has 2 atom stereocenters. The lowest BCUT2D eigenvalue weighted by Gasteiger charge is -2.29. The highest BCUT2D eigenvalue weighted by atomic mass is 35.5. The van der Waals surface area contributed by atoms with Crippen molar-refractivity contribution in [1.82, 2.24) is 19.4 Å². The number of pyridine rings is 1. The van der Waals surface area contributed by atoms with Crippen LogP contribution in [0.25, 0.3) is 22.4 Å². The predicted molar refractivity (Wildman–Crippen MR) is 179 cm³/mol. The molecule has 10 nitrogen and oxygen atoms in total. The summed E-state index contributed by atoms with van der Waals surface area (Å²) < 4.78 is 7.80. The van der Waals surface area contributed by atoms with Crippen LogP contribution in [0, 0.1) is 0 Å². The number of aliphatic hydroxyl groups is 1. The fourth-order valence-electron chi connectivity index (χ4n) is 6.56. The number of fused-ring (bicyclic) bond motifs is 1. The number of nitrogens with one attached hydrogen (secondary N) is 2. The van der Waals surface area contributed by atoms with Gasteiger partial charge in [-0.15, -0.1) is 0 Å². The number of aromatic nitrogens is 3. The van der Waals surface area contributed by atoms with E-state index in [0.717, 1.165) is 33.1 Å². The third-order valence-electron chi connectivity index (χ3n) is 8.95. The zero-order valence-electron chi connectivity index (χ0n) is 25.8. The monoisotopic (exact) mass is 663 g/mol. The van der Waals surface area contributed by atoms with Gasteiger partial charge in [-0.3, -0.25) is 14.2 Å². The molecule has 0 bridgehead atoms. The smallest absolute Gasteiger partial charge is 0.330 e. The molecule has 0 saturated heterocycles. The van der Waals surface area contributed by atoms with Gasteiger partial charge in [-0.1, -0.05) is 72.8 Å². The highest BCUT2D eigenvalue weighted by molar-refractivity contribution is 6.39. The number of benzene rings is 2. The molecular formula is C34H35Cl2N5O5. The first kappa shape index (κ1) is 32.0. The Morgan fingerprint density at radius 2 is 1.67 bits per heavy atom. The number of carbonyl (C=O) groups is 1. The highest BCUT2D eigenvalue weighted by Crippen LogP contribution is 2.44. The number of anilines is 1. The van der Waals surface area contributed by atoms with E-state index in [1.54, 1.807) is 25.3 Å². The highest BCUT2D eigenvalue weighted by Gasteiger charge is 2.37. The average Bonchev–Trinajstić information content (AvgIpc) is 3.37.